The van der Waals surface area contributed by atoms with Crippen LogP contribution in [0.2, 0.25) is 0 Å². The van der Waals surface area contributed by atoms with E-state index in [2.05, 4.69) is 4.74 Å². The Morgan fingerprint density at radius 1 is 1.29 bits per heavy atom. The van der Waals surface area contributed by atoms with Gasteiger partial charge in [-0.3, -0.25) is 9.69 Å². The maximum atomic E-state index is 14.8. The van der Waals surface area contributed by atoms with Crippen LogP contribution in [-0.2, 0) is 23.6 Å². The van der Waals surface area contributed by atoms with Crippen molar-refractivity contribution in [1.29, 1.82) is 0 Å². The van der Waals surface area contributed by atoms with E-state index in [9.17, 15) is 14.0 Å². The van der Waals surface area contributed by atoms with Gasteiger partial charge in [-0.15, -0.1) is 0 Å². The van der Waals surface area contributed by atoms with Gasteiger partial charge in [0.15, 0.2) is 0 Å². The number of hydrogen-bond donors (Lipinski definition) is 0. The summed E-state index contributed by atoms with van der Waals surface area (Å²) < 4.78 is 36.4. The van der Waals surface area contributed by atoms with Gasteiger partial charge in [-0.05, 0) is 46.2 Å². The van der Waals surface area contributed by atoms with Crippen LogP contribution < -0.4 is 10.4 Å². The minimum Gasteiger partial charge on any atom is -0.469 e. The largest absolute Gasteiger partial charge is 0.497 e. The number of ether oxygens (including phenoxy) is 2. The van der Waals surface area contributed by atoms with Gasteiger partial charge in [0.1, 0.15) is 11.9 Å². The molecular weight excluding hydrogens is 368 g/mol. The molecule has 0 bridgehead atoms. The lowest BCUT2D eigenvalue weighted by Gasteiger charge is -2.32. The minimum absolute atomic E-state index is 0.150. The van der Waals surface area contributed by atoms with Gasteiger partial charge in [0.25, 0.3) is 0 Å². The zero-order valence-electron chi connectivity index (χ0n) is 16.8. The van der Waals surface area contributed by atoms with Crippen molar-refractivity contribution in [3.8, 4) is 0 Å². The van der Waals surface area contributed by atoms with Crippen LogP contribution in [0, 0.1) is 5.82 Å². The third kappa shape index (κ3) is 3.86. The van der Waals surface area contributed by atoms with Crippen molar-refractivity contribution >= 4 is 30.3 Å². The summed E-state index contributed by atoms with van der Waals surface area (Å²) in [6.45, 7) is 7.83. The summed E-state index contributed by atoms with van der Waals surface area (Å²) in [5, 5.41) is 0. The number of amides is 1. The van der Waals surface area contributed by atoms with Crippen molar-refractivity contribution in [2.24, 2.45) is 0 Å². The Kier molecular flexibility index (Phi) is 5.42. The average molecular weight is 393 g/mol. The summed E-state index contributed by atoms with van der Waals surface area (Å²) in [5.41, 5.74) is -0.497. The van der Waals surface area contributed by atoms with Crippen molar-refractivity contribution < 1.29 is 32.8 Å². The molecule has 152 valence electrons. The fourth-order valence-corrected chi connectivity index (χ4v) is 3.11. The van der Waals surface area contributed by atoms with Crippen LogP contribution in [0.1, 0.15) is 40.5 Å². The lowest BCUT2D eigenvalue weighted by molar-refractivity contribution is -0.141. The second-order valence-electron chi connectivity index (χ2n) is 8.03. The number of carbonyl (C=O) groups is 2. The van der Waals surface area contributed by atoms with Gasteiger partial charge in [-0.2, -0.15) is 0 Å². The first-order chi connectivity index (χ1) is 13.0. The molecule has 9 heteroatoms. The maximum absolute atomic E-state index is 14.8. The predicted molar refractivity (Wildman–Crippen MR) is 101 cm³/mol. The van der Waals surface area contributed by atoms with Crippen molar-refractivity contribution in [3.63, 3.8) is 0 Å². The molecule has 0 saturated carbocycles. The number of cyclic esters (lactones) is 1. The lowest BCUT2D eigenvalue weighted by atomic mass is 9.78. The molecule has 0 aliphatic carbocycles. The molecule has 2 aliphatic rings. The van der Waals surface area contributed by atoms with E-state index < -0.39 is 36.3 Å². The zero-order chi connectivity index (χ0) is 20.7. The quantitative estimate of drug-likeness (QED) is 0.565. The number of methoxy groups -OCH3 is 1. The molecule has 1 amide bonds. The second kappa shape index (κ2) is 7.37. The normalized spacial score (nSPS) is 23.1. The van der Waals surface area contributed by atoms with E-state index in [0.717, 1.165) is 0 Å². The average Bonchev–Trinajstić information content (AvgIpc) is 3.08. The van der Waals surface area contributed by atoms with Crippen molar-refractivity contribution in [1.82, 2.24) is 0 Å². The van der Waals surface area contributed by atoms with Crippen molar-refractivity contribution in [2.45, 2.75) is 57.8 Å². The highest BCUT2D eigenvalue weighted by Crippen LogP contribution is 2.37. The van der Waals surface area contributed by atoms with Crippen molar-refractivity contribution in [2.75, 3.05) is 18.6 Å². The van der Waals surface area contributed by atoms with E-state index in [0.29, 0.717) is 12.1 Å². The molecule has 0 spiro atoms. The summed E-state index contributed by atoms with van der Waals surface area (Å²) >= 11 is 0. The molecule has 2 heterocycles. The van der Waals surface area contributed by atoms with E-state index in [1.165, 1.54) is 18.1 Å². The molecule has 1 aromatic rings. The molecule has 1 aromatic carbocycles. The minimum atomic E-state index is -0.822. The van der Waals surface area contributed by atoms with Crippen LogP contribution >= 0.6 is 0 Å². The van der Waals surface area contributed by atoms with Gasteiger partial charge in [-0.1, -0.05) is 6.07 Å². The van der Waals surface area contributed by atoms with Gasteiger partial charge in [-0.25, -0.2) is 9.18 Å². The molecule has 1 atom stereocenters. The lowest BCUT2D eigenvalue weighted by Crippen LogP contribution is -2.41. The second-order valence-corrected chi connectivity index (χ2v) is 8.03. The Labute approximate surface area is 164 Å². The predicted octanol–water partition coefficient (Wildman–Crippen LogP) is 2.40. The number of hydrogen-bond acceptors (Lipinski definition) is 6. The Balaban J connectivity index is 1.71. The van der Waals surface area contributed by atoms with E-state index >= 15 is 0 Å². The molecule has 28 heavy (non-hydrogen) atoms. The zero-order valence-corrected chi connectivity index (χ0v) is 16.8. The van der Waals surface area contributed by atoms with Crippen molar-refractivity contribution in [3.05, 3.63) is 24.0 Å². The fraction of sp³-hybridized carbons (Fsp3) is 0.579. The number of esters is 1. The van der Waals surface area contributed by atoms with E-state index in [1.807, 2.05) is 27.7 Å². The highest BCUT2D eigenvalue weighted by molar-refractivity contribution is 6.62. The third-order valence-electron chi connectivity index (χ3n) is 5.58. The molecule has 0 aromatic heterocycles. The first-order valence-electron chi connectivity index (χ1n) is 9.24. The third-order valence-corrected chi connectivity index (χ3v) is 5.58. The standard InChI is InChI=1S/C19H25BFNO6/c1-18(2)19(3,4)28-20(27-18)14-8-6-12(10-15(14)21)22-11-13(26-17(22)24)7-9-16(23)25-5/h6,8,10,13H,7,9,11H2,1-5H3/t13-/m0/s1. The molecule has 7 nitrogen and oxygen atoms in total. The molecule has 0 radical (unpaired) electrons. The topological polar surface area (TPSA) is 74.3 Å². The SMILES string of the molecule is COC(=O)CC[C@H]1CN(c2ccc(B3OC(C)(C)C(C)(C)O3)c(F)c2)C(=O)O1. The molecule has 0 N–H and O–H groups in total. The molecule has 2 fully saturated rings. The maximum Gasteiger partial charge on any atom is 0.497 e. The van der Waals surface area contributed by atoms with Gasteiger partial charge >= 0.3 is 19.2 Å². The van der Waals surface area contributed by atoms with Crippen LogP contribution in [0.3, 0.4) is 0 Å². The number of rotatable bonds is 5. The van der Waals surface area contributed by atoms with Crippen LogP contribution in [0.25, 0.3) is 0 Å². The van der Waals surface area contributed by atoms with E-state index in [-0.39, 0.29) is 24.4 Å². The molecular formula is C19H25BFNO6. The summed E-state index contributed by atoms with van der Waals surface area (Å²) in [4.78, 5) is 24.7. The molecule has 2 aliphatic heterocycles. The number of nitrogens with zero attached hydrogens (tertiary/aromatic N) is 1. The Morgan fingerprint density at radius 3 is 2.50 bits per heavy atom. The molecule has 3 rings (SSSR count). The van der Waals surface area contributed by atoms with Crippen LogP contribution in [0.4, 0.5) is 14.9 Å². The van der Waals surface area contributed by atoms with Gasteiger partial charge < -0.3 is 18.8 Å². The first kappa shape index (κ1) is 20.6. The molecule has 0 unspecified atom stereocenters. The number of anilines is 1. The van der Waals surface area contributed by atoms with E-state index in [4.69, 9.17) is 14.0 Å². The van der Waals surface area contributed by atoms with Gasteiger partial charge in [0.2, 0.25) is 0 Å². The highest BCUT2D eigenvalue weighted by Gasteiger charge is 2.52. The highest BCUT2D eigenvalue weighted by atomic mass is 19.1. The summed E-state index contributed by atoms with van der Waals surface area (Å²) in [6.07, 6.45) is -0.518. The summed E-state index contributed by atoms with van der Waals surface area (Å²) in [5.74, 6) is -0.894. The summed E-state index contributed by atoms with van der Waals surface area (Å²) in [6, 6.07) is 4.46. The first-order valence-corrected chi connectivity index (χ1v) is 9.24. The number of benzene rings is 1. The van der Waals surface area contributed by atoms with E-state index in [1.54, 1.807) is 12.1 Å². The smallest absolute Gasteiger partial charge is 0.469 e. The fourth-order valence-electron chi connectivity index (χ4n) is 3.11. The van der Waals surface area contributed by atoms with Crippen LogP contribution in [-0.4, -0.2) is 50.1 Å². The Hall–Kier alpha value is -2.13. The summed E-state index contributed by atoms with van der Waals surface area (Å²) in [7, 11) is 0.483. The van der Waals surface area contributed by atoms with Gasteiger partial charge in [0.05, 0.1) is 30.5 Å². The molecule has 2 saturated heterocycles. The van der Waals surface area contributed by atoms with Crippen LogP contribution in [0.15, 0.2) is 18.2 Å². The van der Waals surface area contributed by atoms with Crippen LogP contribution in [0.5, 0.6) is 0 Å². The number of carbonyl (C=O) groups excluding carboxylic acids is 2. The Morgan fingerprint density at radius 2 is 1.93 bits per heavy atom. The Bertz CT molecular complexity index is 768. The monoisotopic (exact) mass is 393 g/mol. The number of halogens is 1. The van der Waals surface area contributed by atoms with Gasteiger partial charge in [0, 0.05) is 11.9 Å².